The minimum absolute atomic E-state index is 0.0929. The molecular weight excluding hydrogens is 229 g/mol. The van der Waals surface area contributed by atoms with Gasteiger partial charge in [-0.25, -0.2) is 4.39 Å². The SMILES string of the molecule is CCC1CCCN1C(C)C(=O)c1ccc(F)cc1. The number of halogens is 1. The fourth-order valence-corrected chi connectivity index (χ4v) is 2.81. The van der Waals surface area contributed by atoms with Crippen molar-refractivity contribution in [2.45, 2.75) is 45.2 Å². The average molecular weight is 249 g/mol. The fourth-order valence-electron chi connectivity index (χ4n) is 2.81. The second-order valence-corrected chi connectivity index (χ2v) is 4.99. The molecule has 0 aliphatic carbocycles. The summed E-state index contributed by atoms with van der Waals surface area (Å²) in [5, 5.41) is 0. The van der Waals surface area contributed by atoms with Crippen molar-refractivity contribution in [2.24, 2.45) is 0 Å². The number of hydrogen-bond donors (Lipinski definition) is 0. The van der Waals surface area contributed by atoms with E-state index in [-0.39, 0.29) is 17.6 Å². The zero-order chi connectivity index (χ0) is 13.1. The van der Waals surface area contributed by atoms with Gasteiger partial charge in [0, 0.05) is 11.6 Å². The summed E-state index contributed by atoms with van der Waals surface area (Å²) in [5.41, 5.74) is 0.602. The third-order valence-electron chi connectivity index (χ3n) is 3.90. The summed E-state index contributed by atoms with van der Waals surface area (Å²) in [6, 6.07) is 6.26. The molecule has 0 radical (unpaired) electrons. The van der Waals surface area contributed by atoms with Gasteiger partial charge >= 0.3 is 0 Å². The highest BCUT2D eigenvalue weighted by Gasteiger charge is 2.31. The zero-order valence-electron chi connectivity index (χ0n) is 11.0. The smallest absolute Gasteiger partial charge is 0.179 e. The molecule has 1 aliphatic heterocycles. The van der Waals surface area contributed by atoms with Crippen molar-refractivity contribution in [1.82, 2.24) is 4.90 Å². The summed E-state index contributed by atoms with van der Waals surface area (Å²) in [6.07, 6.45) is 3.43. The van der Waals surface area contributed by atoms with Crippen molar-refractivity contribution in [1.29, 1.82) is 0 Å². The maximum atomic E-state index is 12.8. The fraction of sp³-hybridized carbons (Fsp3) is 0.533. The van der Waals surface area contributed by atoms with Gasteiger partial charge < -0.3 is 0 Å². The molecule has 1 aliphatic rings. The predicted molar refractivity (Wildman–Crippen MR) is 70.2 cm³/mol. The largest absolute Gasteiger partial charge is 0.292 e. The highest BCUT2D eigenvalue weighted by molar-refractivity contribution is 5.99. The van der Waals surface area contributed by atoms with Crippen molar-refractivity contribution in [3.05, 3.63) is 35.6 Å². The van der Waals surface area contributed by atoms with Gasteiger partial charge in [0.1, 0.15) is 5.82 Å². The first kappa shape index (κ1) is 13.2. The Morgan fingerprint density at radius 3 is 2.72 bits per heavy atom. The summed E-state index contributed by atoms with van der Waals surface area (Å²) in [4.78, 5) is 14.6. The van der Waals surface area contributed by atoms with Crippen LogP contribution in [-0.2, 0) is 0 Å². The average Bonchev–Trinajstić information content (AvgIpc) is 2.86. The van der Waals surface area contributed by atoms with Gasteiger partial charge in [0.05, 0.1) is 6.04 Å². The number of benzene rings is 1. The van der Waals surface area contributed by atoms with Crippen molar-refractivity contribution >= 4 is 5.78 Å². The molecule has 3 heteroatoms. The molecule has 0 bridgehead atoms. The lowest BCUT2D eigenvalue weighted by Crippen LogP contribution is -2.41. The molecule has 1 aromatic carbocycles. The number of ketones is 1. The Balaban J connectivity index is 2.11. The summed E-state index contributed by atoms with van der Waals surface area (Å²) in [6.45, 7) is 5.12. The van der Waals surface area contributed by atoms with E-state index in [0.29, 0.717) is 11.6 Å². The maximum Gasteiger partial charge on any atom is 0.179 e. The number of likely N-dealkylation sites (tertiary alicyclic amines) is 1. The monoisotopic (exact) mass is 249 g/mol. The van der Waals surface area contributed by atoms with Crippen molar-refractivity contribution in [3.63, 3.8) is 0 Å². The van der Waals surface area contributed by atoms with Crippen molar-refractivity contribution in [2.75, 3.05) is 6.54 Å². The van der Waals surface area contributed by atoms with Crippen LogP contribution in [-0.4, -0.2) is 29.3 Å². The standard InChI is InChI=1S/C15H20FNO/c1-3-14-5-4-10-17(14)11(2)15(18)12-6-8-13(16)9-7-12/h6-9,11,14H,3-5,10H2,1-2H3. The van der Waals surface area contributed by atoms with Crippen LogP contribution in [0.15, 0.2) is 24.3 Å². The predicted octanol–water partition coefficient (Wildman–Crippen LogP) is 3.27. The summed E-state index contributed by atoms with van der Waals surface area (Å²) >= 11 is 0. The van der Waals surface area contributed by atoms with E-state index in [1.807, 2.05) is 6.92 Å². The van der Waals surface area contributed by atoms with Crippen LogP contribution < -0.4 is 0 Å². The quantitative estimate of drug-likeness (QED) is 0.763. The molecule has 0 aromatic heterocycles. The normalized spacial score (nSPS) is 22.1. The Labute approximate surface area is 108 Å². The van der Waals surface area contributed by atoms with Crippen LogP contribution in [0.25, 0.3) is 0 Å². The number of rotatable bonds is 4. The first-order chi connectivity index (χ1) is 8.63. The van der Waals surface area contributed by atoms with E-state index in [0.717, 1.165) is 13.0 Å². The molecule has 2 rings (SSSR count). The van der Waals surface area contributed by atoms with E-state index in [9.17, 15) is 9.18 Å². The number of Topliss-reactive ketones (excluding diaryl/α,β-unsaturated/α-hetero) is 1. The van der Waals surface area contributed by atoms with Gasteiger partial charge in [-0.15, -0.1) is 0 Å². The van der Waals surface area contributed by atoms with Crippen LogP contribution in [0.2, 0.25) is 0 Å². The van der Waals surface area contributed by atoms with Gasteiger partial charge in [0.25, 0.3) is 0 Å². The number of hydrogen-bond acceptors (Lipinski definition) is 2. The molecule has 0 spiro atoms. The van der Waals surface area contributed by atoms with Gasteiger partial charge in [0.2, 0.25) is 0 Å². The van der Waals surface area contributed by atoms with Gasteiger partial charge in [-0.05, 0) is 57.0 Å². The maximum absolute atomic E-state index is 12.8. The van der Waals surface area contributed by atoms with Crippen molar-refractivity contribution in [3.8, 4) is 0 Å². The number of carbonyl (C=O) groups is 1. The molecular formula is C15H20FNO. The molecule has 2 nitrogen and oxygen atoms in total. The third-order valence-corrected chi connectivity index (χ3v) is 3.90. The topological polar surface area (TPSA) is 20.3 Å². The lowest BCUT2D eigenvalue weighted by molar-refractivity contribution is 0.0817. The summed E-state index contributed by atoms with van der Waals surface area (Å²) in [7, 11) is 0. The second kappa shape index (κ2) is 5.61. The Kier molecular flexibility index (Phi) is 4.12. The Morgan fingerprint density at radius 1 is 1.44 bits per heavy atom. The molecule has 98 valence electrons. The summed E-state index contributed by atoms with van der Waals surface area (Å²) < 4.78 is 12.8. The molecule has 2 unspecified atom stereocenters. The molecule has 1 heterocycles. The second-order valence-electron chi connectivity index (χ2n) is 4.99. The van der Waals surface area contributed by atoms with Crippen LogP contribution >= 0.6 is 0 Å². The van der Waals surface area contributed by atoms with Crippen LogP contribution in [0, 0.1) is 5.82 Å². The third kappa shape index (κ3) is 2.61. The molecule has 1 saturated heterocycles. The van der Waals surface area contributed by atoms with E-state index in [1.54, 1.807) is 12.1 Å². The van der Waals surface area contributed by atoms with E-state index in [2.05, 4.69) is 11.8 Å². The van der Waals surface area contributed by atoms with E-state index >= 15 is 0 Å². The Morgan fingerprint density at radius 2 is 2.11 bits per heavy atom. The number of carbonyl (C=O) groups excluding carboxylic acids is 1. The lowest BCUT2D eigenvalue weighted by atomic mass is 10.0. The van der Waals surface area contributed by atoms with Crippen LogP contribution in [0.5, 0.6) is 0 Å². The van der Waals surface area contributed by atoms with Crippen LogP contribution in [0.1, 0.15) is 43.5 Å². The molecule has 1 fully saturated rings. The first-order valence-corrected chi connectivity index (χ1v) is 6.69. The van der Waals surface area contributed by atoms with Gasteiger partial charge in [-0.1, -0.05) is 6.92 Å². The minimum Gasteiger partial charge on any atom is -0.292 e. The molecule has 0 saturated carbocycles. The highest BCUT2D eigenvalue weighted by Crippen LogP contribution is 2.24. The molecule has 0 N–H and O–H groups in total. The zero-order valence-corrected chi connectivity index (χ0v) is 11.0. The molecule has 0 amide bonds. The first-order valence-electron chi connectivity index (χ1n) is 6.69. The van der Waals surface area contributed by atoms with Crippen LogP contribution in [0.3, 0.4) is 0 Å². The minimum atomic E-state index is -0.299. The molecule has 2 atom stereocenters. The van der Waals surface area contributed by atoms with Gasteiger partial charge in [0.15, 0.2) is 5.78 Å². The molecule has 18 heavy (non-hydrogen) atoms. The summed E-state index contributed by atoms with van der Waals surface area (Å²) in [5.74, 6) is -0.206. The van der Waals surface area contributed by atoms with E-state index in [1.165, 1.54) is 25.0 Å². The van der Waals surface area contributed by atoms with Gasteiger partial charge in [-0.3, -0.25) is 9.69 Å². The Bertz CT molecular complexity index is 415. The molecule has 1 aromatic rings. The van der Waals surface area contributed by atoms with Crippen molar-refractivity contribution < 1.29 is 9.18 Å². The number of nitrogens with zero attached hydrogens (tertiary/aromatic N) is 1. The van der Waals surface area contributed by atoms with E-state index < -0.39 is 0 Å². The Hall–Kier alpha value is -1.22. The lowest BCUT2D eigenvalue weighted by Gasteiger charge is -2.29. The highest BCUT2D eigenvalue weighted by atomic mass is 19.1. The van der Waals surface area contributed by atoms with Gasteiger partial charge in [-0.2, -0.15) is 0 Å². The van der Waals surface area contributed by atoms with Crippen LogP contribution in [0.4, 0.5) is 4.39 Å². The van der Waals surface area contributed by atoms with E-state index in [4.69, 9.17) is 0 Å².